The summed E-state index contributed by atoms with van der Waals surface area (Å²) in [6.45, 7) is 3.47. The summed E-state index contributed by atoms with van der Waals surface area (Å²) in [6, 6.07) is 1.75. The van der Waals surface area contributed by atoms with Crippen molar-refractivity contribution >= 4 is 23.6 Å². The summed E-state index contributed by atoms with van der Waals surface area (Å²) in [6.07, 6.45) is 4.19. The molecule has 0 aliphatic carbocycles. The molecule has 6 nitrogen and oxygen atoms in total. The number of thioether (sulfide) groups is 1. The predicted octanol–water partition coefficient (Wildman–Crippen LogP) is 1.43. The van der Waals surface area contributed by atoms with Crippen LogP contribution in [0.15, 0.2) is 23.1 Å². The first-order chi connectivity index (χ1) is 10.4. The van der Waals surface area contributed by atoms with E-state index in [0.29, 0.717) is 24.2 Å². The van der Waals surface area contributed by atoms with Crippen LogP contribution in [-0.4, -0.2) is 39.6 Å². The van der Waals surface area contributed by atoms with Crippen molar-refractivity contribution in [2.24, 2.45) is 0 Å². The molecule has 0 aliphatic heterocycles. The lowest BCUT2D eigenvalue weighted by molar-refractivity contribution is -0.142. The minimum atomic E-state index is -1.06. The molecule has 1 amide bonds. The molecule has 0 radical (unpaired) electrons. The molecule has 2 unspecified atom stereocenters. The van der Waals surface area contributed by atoms with Gasteiger partial charge in [-0.05, 0) is 37.8 Å². The van der Waals surface area contributed by atoms with Gasteiger partial charge in [-0.2, -0.15) is 11.8 Å². The van der Waals surface area contributed by atoms with Crippen molar-refractivity contribution in [2.45, 2.75) is 38.8 Å². The standard InChI is InChI=1S/C15H22N2O4S/c1-4-12(17-8-5-6-10(2)14(17)19)13(18)16-11(15(20)21)7-9-22-3/h5-6,8,11-12H,4,7,9H2,1-3H3,(H,16,18)(H,20,21). The van der Waals surface area contributed by atoms with E-state index in [-0.39, 0.29) is 5.56 Å². The minimum Gasteiger partial charge on any atom is -0.480 e. The Hall–Kier alpha value is -1.76. The van der Waals surface area contributed by atoms with Crippen molar-refractivity contribution in [3.05, 3.63) is 34.2 Å². The highest BCUT2D eigenvalue weighted by Gasteiger charge is 2.25. The number of rotatable bonds is 8. The van der Waals surface area contributed by atoms with Crippen LogP contribution in [0.1, 0.15) is 31.4 Å². The average molecular weight is 326 g/mol. The summed E-state index contributed by atoms with van der Waals surface area (Å²) >= 11 is 1.52. The lowest BCUT2D eigenvalue weighted by Gasteiger charge is -2.21. The monoisotopic (exact) mass is 326 g/mol. The maximum Gasteiger partial charge on any atom is 0.326 e. The molecule has 0 spiro atoms. The normalized spacial score (nSPS) is 13.4. The number of hydrogen-bond donors (Lipinski definition) is 2. The van der Waals surface area contributed by atoms with E-state index in [1.165, 1.54) is 16.3 Å². The van der Waals surface area contributed by atoms with Gasteiger partial charge in [-0.3, -0.25) is 9.59 Å². The molecular formula is C15H22N2O4S. The highest BCUT2D eigenvalue weighted by molar-refractivity contribution is 7.98. The first-order valence-electron chi connectivity index (χ1n) is 7.12. The van der Waals surface area contributed by atoms with Gasteiger partial charge in [-0.15, -0.1) is 0 Å². The Bertz CT molecular complexity index is 585. The van der Waals surface area contributed by atoms with E-state index < -0.39 is 24.0 Å². The van der Waals surface area contributed by atoms with E-state index in [4.69, 9.17) is 0 Å². The molecule has 1 aromatic heterocycles. The van der Waals surface area contributed by atoms with E-state index in [1.807, 2.05) is 6.26 Å². The fourth-order valence-electron chi connectivity index (χ4n) is 2.14. The van der Waals surface area contributed by atoms with Crippen molar-refractivity contribution < 1.29 is 14.7 Å². The molecule has 1 heterocycles. The molecule has 0 saturated carbocycles. The second-order valence-corrected chi connectivity index (χ2v) is 5.99. The predicted molar refractivity (Wildman–Crippen MR) is 87.3 cm³/mol. The van der Waals surface area contributed by atoms with Gasteiger partial charge in [0.15, 0.2) is 0 Å². The first kappa shape index (κ1) is 18.3. The molecule has 0 saturated heterocycles. The van der Waals surface area contributed by atoms with Gasteiger partial charge < -0.3 is 15.0 Å². The number of aryl methyl sites for hydroxylation is 1. The maximum atomic E-state index is 12.4. The Kier molecular flexibility index (Phi) is 7.17. The first-order valence-corrected chi connectivity index (χ1v) is 8.51. The second-order valence-electron chi connectivity index (χ2n) is 5.01. The van der Waals surface area contributed by atoms with Crippen molar-refractivity contribution in [3.63, 3.8) is 0 Å². The van der Waals surface area contributed by atoms with Gasteiger partial charge in [0.2, 0.25) is 5.91 Å². The third kappa shape index (κ3) is 4.62. The fourth-order valence-corrected chi connectivity index (χ4v) is 2.61. The van der Waals surface area contributed by atoms with Crippen LogP contribution in [0, 0.1) is 6.92 Å². The van der Waals surface area contributed by atoms with Gasteiger partial charge in [0.25, 0.3) is 5.56 Å². The van der Waals surface area contributed by atoms with Crippen molar-refractivity contribution in [1.82, 2.24) is 9.88 Å². The van der Waals surface area contributed by atoms with Gasteiger partial charge in [-0.25, -0.2) is 4.79 Å². The molecule has 7 heteroatoms. The zero-order valence-electron chi connectivity index (χ0n) is 13.0. The smallest absolute Gasteiger partial charge is 0.326 e. The van der Waals surface area contributed by atoms with E-state index in [9.17, 15) is 19.5 Å². The Morgan fingerprint density at radius 3 is 2.68 bits per heavy atom. The topological polar surface area (TPSA) is 88.4 Å². The third-order valence-electron chi connectivity index (χ3n) is 3.42. The molecule has 0 aliphatic rings. The highest BCUT2D eigenvalue weighted by atomic mass is 32.2. The average Bonchev–Trinajstić information content (AvgIpc) is 2.48. The second kappa shape index (κ2) is 8.63. The van der Waals surface area contributed by atoms with E-state index in [0.717, 1.165) is 0 Å². The van der Waals surface area contributed by atoms with Crippen LogP contribution in [-0.2, 0) is 9.59 Å². The van der Waals surface area contributed by atoms with Crippen molar-refractivity contribution in [2.75, 3.05) is 12.0 Å². The molecule has 1 aromatic rings. The molecule has 1 rings (SSSR count). The molecule has 2 N–H and O–H groups in total. The third-order valence-corrected chi connectivity index (χ3v) is 4.06. The van der Waals surface area contributed by atoms with Crippen LogP contribution in [0.5, 0.6) is 0 Å². The van der Waals surface area contributed by atoms with Crippen LogP contribution < -0.4 is 10.9 Å². The van der Waals surface area contributed by atoms with Crippen molar-refractivity contribution in [1.29, 1.82) is 0 Å². The van der Waals surface area contributed by atoms with Crippen LogP contribution in [0.3, 0.4) is 0 Å². The molecule has 2 atom stereocenters. The number of amides is 1. The molecule has 0 fully saturated rings. The lowest BCUT2D eigenvalue weighted by Crippen LogP contribution is -2.45. The summed E-state index contributed by atoms with van der Waals surface area (Å²) < 4.78 is 1.36. The van der Waals surface area contributed by atoms with E-state index in [1.54, 1.807) is 32.2 Å². The lowest BCUT2D eigenvalue weighted by atomic mass is 10.1. The number of aliphatic carboxylic acids is 1. The SMILES string of the molecule is CCC(C(=O)NC(CCSC)C(=O)O)n1cccc(C)c1=O. The minimum absolute atomic E-state index is 0.236. The van der Waals surface area contributed by atoms with Gasteiger partial charge in [-0.1, -0.05) is 13.0 Å². The molecule has 22 heavy (non-hydrogen) atoms. The summed E-state index contributed by atoms with van der Waals surface area (Å²) in [5, 5.41) is 11.7. The Morgan fingerprint density at radius 1 is 1.45 bits per heavy atom. The Morgan fingerprint density at radius 2 is 2.14 bits per heavy atom. The Balaban J connectivity index is 2.94. The molecule has 0 aromatic carbocycles. The number of carbonyl (C=O) groups is 2. The zero-order chi connectivity index (χ0) is 16.7. The number of carbonyl (C=O) groups excluding carboxylic acids is 1. The van der Waals surface area contributed by atoms with Gasteiger partial charge in [0, 0.05) is 11.8 Å². The number of hydrogen-bond acceptors (Lipinski definition) is 4. The number of nitrogens with zero attached hydrogens (tertiary/aromatic N) is 1. The number of carboxylic acids is 1. The highest BCUT2D eigenvalue weighted by Crippen LogP contribution is 2.11. The quantitative estimate of drug-likeness (QED) is 0.754. The van der Waals surface area contributed by atoms with Crippen LogP contribution >= 0.6 is 11.8 Å². The summed E-state index contributed by atoms with van der Waals surface area (Å²) in [4.78, 5) is 35.7. The number of carboxylic acid groups (broad SMARTS) is 1. The van der Waals surface area contributed by atoms with E-state index in [2.05, 4.69) is 5.32 Å². The van der Waals surface area contributed by atoms with Gasteiger partial charge in [0.1, 0.15) is 12.1 Å². The van der Waals surface area contributed by atoms with Gasteiger partial charge >= 0.3 is 5.97 Å². The Labute approximate surface area is 133 Å². The zero-order valence-corrected chi connectivity index (χ0v) is 13.9. The van der Waals surface area contributed by atoms with Crippen molar-refractivity contribution in [3.8, 4) is 0 Å². The molecule has 122 valence electrons. The summed E-state index contributed by atoms with van der Waals surface area (Å²) in [7, 11) is 0. The molecular weight excluding hydrogens is 304 g/mol. The number of nitrogens with one attached hydrogen (secondary N) is 1. The van der Waals surface area contributed by atoms with Gasteiger partial charge in [0.05, 0.1) is 0 Å². The number of pyridine rings is 1. The largest absolute Gasteiger partial charge is 0.480 e. The van der Waals surface area contributed by atoms with Crippen LogP contribution in [0.2, 0.25) is 0 Å². The van der Waals surface area contributed by atoms with Crippen LogP contribution in [0.4, 0.5) is 0 Å². The fraction of sp³-hybridized carbons (Fsp3) is 0.533. The molecule has 0 bridgehead atoms. The summed E-state index contributed by atoms with van der Waals surface area (Å²) in [5.74, 6) is -0.865. The van der Waals surface area contributed by atoms with E-state index >= 15 is 0 Å². The maximum absolute atomic E-state index is 12.4. The number of aromatic nitrogens is 1. The summed E-state index contributed by atoms with van der Waals surface area (Å²) in [5.41, 5.74) is 0.311. The van der Waals surface area contributed by atoms with Crippen LogP contribution in [0.25, 0.3) is 0 Å².